The van der Waals surface area contributed by atoms with Crippen molar-refractivity contribution in [2.75, 3.05) is 13.1 Å². The van der Waals surface area contributed by atoms with Gasteiger partial charge < -0.3 is 26.2 Å². The molecule has 5 radical (unpaired) electrons. The molecule has 0 aliphatic heterocycles. The van der Waals surface area contributed by atoms with E-state index < -0.39 is 0 Å². The maximum Gasteiger partial charge on any atom is 0 e. The third kappa shape index (κ3) is 45.9. The number of nitrogens with zero attached hydrogens (tertiary/aromatic N) is 1. The van der Waals surface area contributed by atoms with E-state index in [0.29, 0.717) is 0 Å². The average molecular weight is 729 g/mol. The van der Waals surface area contributed by atoms with Gasteiger partial charge in [-0.1, -0.05) is 0 Å². The Morgan fingerprint density at radius 2 is 1.08 bits per heavy atom. The van der Waals surface area contributed by atoms with Gasteiger partial charge in [0, 0.05) is 185 Å². The smallest absolute Gasteiger partial charge is 0 e. The van der Waals surface area contributed by atoms with Crippen molar-refractivity contribution in [2.45, 2.75) is 0 Å². The van der Waals surface area contributed by atoms with Gasteiger partial charge in [-0.05, 0) is 0 Å². The van der Waals surface area contributed by atoms with Crippen LogP contribution in [0.3, 0.4) is 0 Å². The van der Waals surface area contributed by atoms with Crippen LogP contribution in [0.1, 0.15) is 1.37 Å². The van der Waals surface area contributed by atoms with E-state index >= 15 is 0 Å². The summed E-state index contributed by atoms with van der Waals surface area (Å²) in [5.74, 6) is 0. The summed E-state index contributed by atoms with van der Waals surface area (Å²) in [6.07, 6.45) is 0. The molecule has 0 aromatic rings. The van der Waals surface area contributed by atoms with E-state index in [2.05, 4.69) is 28.3 Å². The first kappa shape index (κ1) is 42.7. The summed E-state index contributed by atoms with van der Waals surface area (Å²) in [6.45, 7) is 8.64. The van der Waals surface area contributed by atoms with E-state index in [0.717, 1.165) is 13.1 Å². The Morgan fingerprint density at radius 3 is 1.08 bits per heavy atom. The predicted octanol–water partition coefficient (Wildman–Crippen LogP) is 1.18. The average Bonchev–Trinajstić information content (AvgIpc) is 1.91. The molecular formula is C6H13NWY5-4. The maximum atomic E-state index is 5.50. The summed E-state index contributed by atoms with van der Waals surface area (Å²) < 4.78 is 5.50. The molecule has 0 N–H and O–H groups in total. The van der Waals surface area contributed by atoms with Crippen LogP contribution in [0.25, 0.3) is 0 Å². The Hall–Kier alpha value is 6.17. The Bertz CT molecular complexity index is 45.4. The quantitative estimate of drug-likeness (QED) is 0.387. The molecule has 0 aromatic heterocycles. The summed E-state index contributed by atoms with van der Waals surface area (Å²) >= 11 is 0. The molecule has 7 heteroatoms. The molecule has 0 spiro atoms. The SMILES string of the molecule is [2H][CH2-].[CH2-]CN([CH2-])C[CH2-].[W].[Y].[Y].[Y].[Y].[Y]. The molecule has 0 rings (SSSR count). The Morgan fingerprint density at radius 1 is 0.923 bits per heavy atom. The largest absolute Gasteiger partial charge is 0.510 e. The second-order valence-corrected chi connectivity index (χ2v) is 1.12. The molecule has 0 heterocycles. The topological polar surface area (TPSA) is 3.24 Å². The molecule has 0 bridgehead atoms. The summed E-state index contributed by atoms with van der Waals surface area (Å²) in [7, 11) is 6.08. The minimum absolute atomic E-state index is 0. The van der Waals surface area contributed by atoms with Crippen molar-refractivity contribution < 1.29 is 186 Å². The monoisotopic (exact) mass is 729 g/mol. The fourth-order valence-electron chi connectivity index (χ4n) is 0.112. The van der Waals surface area contributed by atoms with Gasteiger partial charge in [-0.15, -0.1) is 0 Å². The zero-order valence-corrected chi connectivity index (χ0v) is 25.1. The Kier molecular flexibility index (Phi) is 141. The van der Waals surface area contributed by atoms with Crippen molar-refractivity contribution in [3.8, 4) is 0 Å². The van der Waals surface area contributed by atoms with Gasteiger partial charge in [0.15, 0.2) is 0 Å². The third-order valence-corrected chi connectivity index (χ3v) is 0.632. The van der Waals surface area contributed by atoms with E-state index in [1.165, 1.54) is 0 Å². The first-order valence-corrected chi connectivity index (χ1v) is 1.95. The van der Waals surface area contributed by atoms with Crippen molar-refractivity contribution in [1.82, 2.24) is 4.90 Å². The normalized spacial score (nSPS) is 5.15. The van der Waals surface area contributed by atoms with Gasteiger partial charge in [0.25, 0.3) is 0 Å². The van der Waals surface area contributed by atoms with Gasteiger partial charge in [0.1, 0.15) is 0 Å². The summed E-state index contributed by atoms with van der Waals surface area (Å²) in [5, 5.41) is 0. The molecule has 0 saturated carbocycles. The van der Waals surface area contributed by atoms with Gasteiger partial charge >= 0.3 is 0 Å². The second-order valence-electron chi connectivity index (χ2n) is 1.12. The molecule has 0 unspecified atom stereocenters. The van der Waals surface area contributed by atoms with Gasteiger partial charge in [-0.2, -0.15) is 13.1 Å². The zero-order chi connectivity index (χ0) is 6.99. The molecular weight excluding hydrogens is 714 g/mol. The van der Waals surface area contributed by atoms with E-state index in [4.69, 9.17) is 1.37 Å². The van der Waals surface area contributed by atoms with Gasteiger partial charge in [0.05, 0.1) is 0 Å². The standard InChI is InChI=1S/C5H10N.CH3.W.5Y/c1-4-6(3)5-2;;;;;;;/h1-5H2;1H3;;;;;;/q-3;-1;;;;;;/i;1D;;;;;;. The van der Waals surface area contributed by atoms with Crippen LogP contribution in [0.15, 0.2) is 0 Å². The van der Waals surface area contributed by atoms with E-state index in [-0.39, 0.29) is 185 Å². The maximum absolute atomic E-state index is 5.50. The number of hydrogen-bond donors (Lipinski definition) is 0. The second kappa shape index (κ2) is 42.9. The zero-order valence-electron chi connectivity index (χ0n) is 8.98. The molecule has 0 aliphatic carbocycles. The molecule has 0 fully saturated rings. The molecule has 0 atom stereocenters. The fraction of sp³-hybridized carbons (Fsp3) is 0.333. The van der Waals surface area contributed by atoms with Crippen molar-refractivity contribution in [2.24, 2.45) is 0 Å². The van der Waals surface area contributed by atoms with Crippen LogP contribution in [-0.2, 0) is 185 Å². The predicted molar refractivity (Wildman–Crippen MR) is 34.1 cm³/mol. The first-order chi connectivity index (χ1) is 3.81. The molecule has 0 aromatic carbocycles. The van der Waals surface area contributed by atoms with Crippen molar-refractivity contribution >= 4 is 0 Å². The van der Waals surface area contributed by atoms with Crippen molar-refractivity contribution in [1.29, 1.82) is 0 Å². The molecule has 67 valence electrons. The molecule has 0 aliphatic rings. The Balaban J connectivity index is -0.00000000708. The molecule has 13 heavy (non-hydrogen) atoms. The first-order valence-electron chi connectivity index (χ1n) is 2.66. The van der Waals surface area contributed by atoms with Gasteiger partial charge in [0.2, 0.25) is 0 Å². The van der Waals surface area contributed by atoms with Crippen LogP contribution in [0.4, 0.5) is 0 Å². The van der Waals surface area contributed by atoms with E-state index in [9.17, 15) is 0 Å². The molecule has 0 saturated heterocycles. The molecule has 0 amide bonds. The van der Waals surface area contributed by atoms with Gasteiger partial charge in [-0.25, -0.2) is 1.37 Å². The Labute approximate surface area is 226 Å². The van der Waals surface area contributed by atoms with Crippen LogP contribution in [0.2, 0.25) is 0 Å². The summed E-state index contributed by atoms with van der Waals surface area (Å²) in [5.41, 5.74) is 0. The number of rotatable bonds is 2. The molecule has 1 nitrogen and oxygen atoms in total. The van der Waals surface area contributed by atoms with Crippen molar-refractivity contribution in [3.05, 3.63) is 28.3 Å². The van der Waals surface area contributed by atoms with Crippen LogP contribution in [0, 0.1) is 28.3 Å². The van der Waals surface area contributed by atoms with Crippen LogP contribution in [0.5, 0.6) is 0 Å². The van der Waals surface area contributed by atoms with Crippen molar-refractivity contribution in [3.63, 3.8) is 0 Å². The summed E-state index contributed by atoms with van der Waals surface area (Å²) in [6, 6.07) is 0. The summed E-state index contributed by atoms with van der Waals surface area (Å²) in [4.78, 5) is 1.78. The number of hydrogen-bond acceptors (Lipinski definition) is 1. The van der Waals surface area contributed by atoms with Crippen LogP contribution >= 0.6 is 0 Å². The fourth-order valence-corrected chi connectivity index (χ4v) is 0.112. The van der Waals surface area contributed by atoms with Crippen LogP contribution < -0.4 is 0 Å². The van der Waals surface area contributed by atoms with E-state index in [1.54, 1.807) is 4.90 Å². The minimum atomic E-state index is 0. The third-order valence-electron chi connectivity index (χ3n) is 0.632. The van der Waals surface area contributed by atoms with Gasteiger partial charge in [-0.3, -0.25) is 7.05 Å². The van der Waals surface area contributed by atoms with E-state index in [1.807, 2.05) is 0 Å². The minimum Gasteiger partial charge on any atom is -0.510 e. The van der Waals surface area contributed by atoms with Crippen LogP contribution in [-0.4, -0.2) is 18.0 Å².